The number of hydrogen-bond acceptors (Lipinski definition) is 3. The van der Waals surface area contributed by atoms with Crippen LogP contribution in [0.4, 0.5) is 0 Å². The molecule has 3 rings (SSSR count). The highest BCUT2D eigenvalue weighted by Gasteiger charge is 2.20. The number of carbonyl (C=O) groups is 1. The van der Waals surface area contributed by atoms with E-state index in [-0.39, 0.29) is 5.78 Å². The lowest BCUT2D eigenvalue weighted by molar-refractivity contribution is 0.104. The fraction of sp³-hybridized carbons (Fsp3) is 0.357. The van der Waals surface area contributed by atoms with Crippen LogP contribution >= 0.6 is 38.6 Å². The van der Waals surface area contributed by atoms with Gasteiger partial charge in [0.15, 0.2) is 0 Å². The average Bonchev–Trinajstić information content (AvgIpc) is 2.93. The van der Waals surface area contributed by atoms with Crippen LogP contribution < -0.4 is 0 Å². The number of carbonyl (C=O) groups excluding carboxylic acids is 1. The quantitative estimate of drug-likeness (QED) is 0.703. The SMILES string of the molecule is Cc1cc(C(=O)c2cc3c(s2)CCCC3)sc1Br. The van der Waals surface area contributed by atoms with Gasteiger partial charge in [-0.2, -0.15) is 0 Å². The molecule has 18 heavy (non-hydrogen) atoms. The summed E-state index contributed by atoms with van der Waals surface area (Å²) >= 11 is 6.72. The molecule has 1 nitrogen and oxygen atoms in total. The summed E-state index contributed by atoms with van der Waals surface area (Å²) in [6, 6.07) is 4.10. The Morgan fingerprint density at radius 2 is 1.89 bits per heavy atom. The Bertz CT molecular complexity index is 566. The van der Waals surface area contributed by atoms with Gasteiger partial charge >= 0.3 is 0 Å². The molecule has 1 aliphatic carbocycles. The molecule has 0 spiro atoms. The summed E-state index contributed by atoms with van der Waals surface area (Å²) in [5.41, 5.74) is 2.55. The first-order chi connectivity index (χ1) is 8.65. The van der Waals surface area contributed by atoms with Crippen molar-refractivity contribution in [2.45, 2.75) is 32.6 Å². The van der Waals surface area contributed by atoms with Gasteiger partial charge in [0, 0.05) is 4.88 Å². The Hall–Kier alpha value is -0.450. The number of halogens is 1. The van der Waals surface area contributed by atoms with Crippen LogP contribution in [0.2, 0.25) is 0 Å². The number of hydrogen-bond donors (Lipinski definition) is 0. The summed E-state index contributed by atoms with van der Waals surface area (Å²) < 4.78 is 1.06. The smallest absolute Gasteiger partial charge is 0.212 e. The molecular formula is C14H13BrOS2. The Balaban J connectivity index is 1.94. The Kier molecular flexibility index (Phi) is 3.43. The predicted octanol–water partition coefficient (Wildman–Crippen LogP) is 4.99. The number of thiophene rings is 2. The van der Waals surface area contributed by atoms with Crippen molar-refractivity contribution < 1.29 is 4.79 Å². The van der Waals surface area contributed by atoms with Crippen molar-refractivity contribution in [3.8, 4) is 0 Å². The van der Waals surface area contributed by atoms with Crippen LogP contribution in [0, 0.1) is 6.92 Å². The van der Waals surface area contributed by atoms with Crippen molar-refractivity contribution in [2.24, 2.45) is 0 Å². The first-order valence-electron chi connectivity index (χ1n) is 6.07. The second-order valence-electron chi connectivity index (χ2n) is 4.66. The summed E-state index contributed by atoms with van der Waals surface area (Å²) in [4.78, 5) is 15.6. The molecule has 0 aromatic carbocycles. The minimum Gasteiger partial charge on any atom is -0.287 e. The number of fused-ring (bicyclic) bond motifs is 1. The van der Waals surface area contributed by atoms with Gasteiger partial charge in [-0.15, -0.1) is 22.7 Å². The van der Waals surface area contributed by atoms with Crippen molar-refractivity contribution in [1.82, 2.24) is 0 Å². The van der Waals surface area contributed by atoms with Crippen molar-refractivity contribution in [1.29, 1.82) is 0 Å². The molecule has 0 fully saturated rings. The van der Waals surface area contributed by atoms with Crippen LogP contribution in [0.5, 0.6) is 0 Å². The zero-order valence-corrected chi connectivity index (χ0v) is 13.3. The van der Waals surface area contributed by atoms with Crippen molar-refractivity contribution in [3.63, 3.8) is 0 Å². The molecule has 0 saturated carbocycles. The third kappa shape index (κ3) is 2.22. The van der Waals surface area contributed by atoms with E-state index in [4.69, 9.17) is 0 Å². The first kappa shape index (κ1) is 12.6. The predicted molar refractivity (Wildman–Crippen MR) is 81.1 cm³/mol. The van der Waals surface area contributed by atoms with E-state index in [1.165, 1.54) is 34.6 Å². The molecule has 0 bridgehead atoms. The zero-order chi connectivity index (χ0) is 12.7. The summed E-state index contributed by atoms with van der Waals surface area (Å²) in [7, 11) is 0. The van der Waals surface area contributed by atoms with Crippen LogP contribution in [-0.4, -0.2) is 5.78 Å². The largest absolute Gasteiger partial charge is 0.287 e. The minimum atomic E-state index is 0.188. The summed E-state index contributed by atoms with van der Waals surface area (Å²) in [6.07, 6.45) is 4.83. The maximum absolute atomic E-state index is 12.4. The molecular weight excluding hydrogens is 328 g/mol. The molecule has 0 atom stereocenters. The molecule has 0 radical (unpaired) electrons. The topological polar surface area (TPSA) is 17.1 Å². The highest BCUT2D eigenvalue weighted by molar-refractivity contribution is 9.11. The van der Waals surface area contributed by atoms with Crippen LogP contribution in [0.25, 0.3) is 0 Å². The molecule has 0 unspecified atom stereocenters. The molecule has 0 N–H and O–H groups in total. The van der Waals surface area contributed by atoms with Crippen molar-refractivity contribution in [3.05, 3.63) is 41.7 Å². The highest BCUT2D eigenvalue weighted by Crippen LogP contribution is 2.34. The lowest BCUT2D eigenvalue weighted by Gasteiger charge is -2.08. The van der Waals surface area contributed by atoms with Crippen molar-refractivity contribution in [2.75, 3.05) is 0 Å². The maximum atomic E-state index is 12.4. The van der Waals surface area contributed by atoms with Gasteiger partial charge in [0.2, 0.25) is 5.78 Å². The van der Waals surface area contributed by atoms with E-state index >= 15 is 0 Å². The van der Waals surface area contributed by atoms with Crippen LogP contribution in [0.1, 0.15) is 43.4 Å². The number of rotatable bonds is 2. The molecule has 2 aromatic rings. The van der Waals surface area contributed by atoms with Gasteiger partial charge in [0.05, 0.1) is 13.5 Å². The third-order valence-electron chi connectivity index (χ3n) is 3.30. The fourth-order valence-corrected chi connectivity index (χ4v) is 5.06. The summed E-state index contributed by atoms with van der Waals surface area (Å²) in [5.74, 6) is 0.188. The van der Waals surface area contributed by atoms with Crippen LogP contribution in [0.3, 0.4) is 0 Å². The Morgan fingerprint density at radius 1 is 1.17 bits per heavy atom. The van der Waals surface area contributed by atoms with Gasteiger partial charge < -0.3 is 0 Å². The molecule has 0 saturated heterocycles. The summed E-state index contributed by atoms with van der Waals surface area (Å²) in [5, 5.41) is 0. The van der Waals surface area contributed by atoms with E-state index in [1.807, 2.05) is 13.0 Å². The molecule has 4 heteroatoms. The van der Waals surface area contributed by atoms with Gasteiger partial charge in [-0.05, 0) is 71.8 Å². The molecule has 2 aromatic heterocycles. The van der Waals surface area contributed by atoms with E-state index in [0.717, 1.165) is 31.9 Å². The van der Waals surface area contributed by atoms with Gasteiger partial charge in [0.25, 0.3) is 0 Å². The zero-order valence-electron chi connectivity index (χ0n) is 10.1. The maximum Gasteiger partial charge on any atom is 0.212 e. The van der Waals surface area contributed by atoms with E-state index in [2.05, 4.69) is 22.0 Å². The van der Waals surface area contributed by atoms with Gasteiger partial charge in [-0.3, -0.25) is 4.79 Å². The van der Waals surface area contributed by atoms with Gasteiger partial charge in [-0.25, -0.2) is 0 Å². The molecule has 1 aliphatic rings. The molecule has 0 amide bonds. The van der Waals surface area contributed by atoms with Gasteiger partial charge in [0.1, 0.15) is 0 Å². The summed E-state index contributed by atoms with van der Waals surface area (Å²) in [6.45, 7) is 2.02. The third-order valence-corrected chi connectivity index (χ3v) is 6.67. The lowest BCUT2D eigenvalue weighted by atomic mass is 9.99. The Labute approximate surface area is 123 Å². The van der Waals surface area contributed by atoms with Crippen molar-refractivity contribution >= 4 is 44.4 Å². The minimum absolute atomic E-state index is 0.188. The number of aryl methyl sites for hydroxylation is 3. The van der Waals surface area contributed by atoms with Crippen LogP contribution in [-0.2, 0) is 12.8 Å². The number of ketones is 1. The Morgan fingerprint density at radius 3 is 2.56 bits per heavy atom. The highest BCUT2D eigenvalue weighted by atomic mass is 79.9. The van der Waals surface area contributed by atoms with Crippen LogP contribution in [0.15, 0.2) is 15.9 Å². The lowest BCUT2D eigenvalue weighted by Crippen LogP contribution is -1.97. The van der Waals surface area contributed by atoms with E-state index in [1.54, 1.807) is 11.3 Å². The van der Waals surface area contributed by atoms with E-state index in [0.29, 0.717) is 0 Å². The monoisotopic (exact) mass is 340 g/mol. The molecule has 0 aliphatic heterocycles. The normalized spacial score (nSPS) is 14.6. The van der Waals surface area contributed by atoms with E-state index in [9.17, 15) is 4.79 Å². The molecule has 2 heterocycles. The first-order valence-corrected chi connectivity index (χ1v) is 8.50. The standard InChI is InChI=1S/C14H13BrOS2/c1-8-6-11(18-14(8)15)13(16)12-7-9-4-2-3-5-10(9)17-12/h6-7H,2-5H2,1H3. The average molecular weight is 341 g/mol. The second kappa shape index (κ2) is 4.91. The van der Waals surface area contributed by atoms with Gasteiger partial charge in [-0.1, -0.05) is 0 Å². The second-order valence-corrected chi connectivity index (χ2v) is 8.17. The van der Waals surface area contributed by atoms with E-state index < -0.39 is 0 Å². The fourth-order valence-electron chi connectivity index (χ4n) is 2.30. The molecule has 94 valence electrons.